The number of nitrogens with two attached hydrogens (primary N) is 1. The molecule has 2 rings (SSSR count). The molecule has 6 heteroatoms. The first-order chi connectivity index (χ1) is 10.2. The van der Waals surface area contributed by atoms with Gasteiger partial charge in [-0.05, 0) is 64.7 Å². The van der Waals surface area contributed by atoms with Crippen molar-refractivity contribution >= 4 is 19.5 Å². The highest BCUT2D eigenvalue weighted by atomic mass is 35.5. The number of halogens is 1. The molecule has 1 heterocycles. The van der Waals surface area contributed by atoms with Gasteiger partial charge in [0.25, 0.3) is 0 Å². The van der Waals surface area contributed by atoms with Gasteiger partial charge in [0.2, 0.25) is 0 Å². The molecule has 0 aromatic heterocycles. The highest BCUT2D eigenvalue weighted by Crippen LogP contribution is 2.37. The van der Waals surface area contributed by atoms with Gasteiger partial charge in [0.05, 0.1) is 18.3 Å². The van der Waals surface area contributed by atoms with Crippen LogP contribution in [0.25, 0.3) is 0 Å². The third-order valence-corrected chi connectivity index (χ3v) is 4.78. The van der Waals surface area contributed by atoms with Crippen LogP contribution in [0.5, 0.6) is 5.75 Å². The molecule has 0 radical (unpaired) electrons. The summed E-state index contributed by atoms with van der Waals surface area (Å²) in [5.74, 6) is 0.789. The Bertz CT molecular complexity index is 477. The molecule has 1 aliphatic heterocycles. The maximum atomic E-state index is 6.26. The largest absolute Gasteiger partial charge is 0.497 e. The molecule has 0 bridgehead atoms. The van der Waals surface area contributed by atoms with E-state index in [2.05, 4.69) is 39.8 Å². The summed E-state index contributed by atoms with van der Waals surface area (Å²) in [6, 6.07) is 8.17. The maximum Gasteiger partial charge on any atom is 0.475 e. The monoisotopic (exact) mass is 341 g/mol. The standard InChI is InChI=1S/C17H28BNO3.ClH/c1-16(2)17(3,4)22-18(21-16)15(19)8-6-7-13-9-11-14(20-5)12-10-13;/h9-12,15H,6-8,19H2,1-5H3;1H/t15-;/m0./s1. The summed E-state index contributed by atoms with van der Waals surface area (Å²) < 4.78 is 17.2. The molecule has 0 saturated carbocycles. The Labute approximate surface area is 146 Å². The predicted molar refractivity (Wildman–Crippen MR) is 97.2 cm³/mol. The van der Waals surface area contributed by atoms with Gasteiger partial charge >= 0.3 is 7.12 Å². The quantitative estimate of drug-likeness (QED) is 0.806. The molecular weight excluding hydrogens is 312 g/mol. The first-order valence-corrected chi connectivity index (χ1v) is 7.99. The molecule has 1 aromatic carbocycles. The topological polar surface area (TPSA) is 53.7 Å². The minimum atomic E-state index is -0.319. The average Bonchev–Trinajstić information content (AvgIpc) is 2.68. The van der Waals surface area contributed by atoms with Crippen LogP contribution in [0.3, 0.4) is 0 Å². The first-order valence-electron chi connectivity index (χ1n) is 7.99. The molecule has 0 amide bonds. The van der Waals surface area contributed by atoms with Gasteiger partial charge in [0.15, 0.2) is 0 Å². The van der Waals surface area contributed by atoms with E-state index < -0.39 is 0 Å². The Hall–Kier alpha value is -0.745. The van der Waals surface area contributed by atoms with Gasteiger partial charge in [-0.15, -0.1) is 12.4 Å². The highest BCUT2D eigenvalue weighted by molar-refractivity contribution is 6.47. The zero-order chi connectivity index (χ0) is 16.4. The molecule has 1 fully saturated rings. The van der Waals surface area contributed by atoms with E-state index >= 15 is 0 Å². The smallest absolute Gasteiger partial charge is 0.475 e. The fourth-order valence-electron chi connectivity index (χ4n) is 2.53. The lowest BCUT2D eigenvalue weighted by atomic mass is 9.76. The molecule has 130 valence electrons. The van der Waals surface area contributed by atoms with Gasteiger partial charge in [0, 0.05) is 5.94 Å². The lowest BCUT2D eigenvalue weighted by Crippen LogP contribution is -2.41. The van der Waals surface area contributed by atoms with Crippen LogP contribution in [0.4, 0.5) is 0 Å². The third kappa shape index (κ3) is 4.86. The van der Waals surface area contributed by atoms with E-state index in [4.69, 9.17) is 19.8 Å². The average molecular weight is 342 g/mol. The van der Waals surface area contributed by atoms with E-state index in [9.17, 15) is 0 Å². The summed E-state index contributed by atoms with van der Waals surface area (Å²) in [5.41, 5.74) is 6.93. The summed E-state index contributed by atoms with van der Waals surface area (Å²) in [6.07, 6.45) is 2.89. The van der Waals surface area contributed by atoms with E-state index in [1.165, 1.54) is 5.56 Å². The SMILES string of the molecule is COc1ccc(CCC[C@H](N)B2OC(C)(C)C(C)(C)O2)cc1.Cl. The molecule has 23 heavy (non-hydrogen) atoms. The van der Waals surface area contributed by atoms with Crippen molar-refractivity contribution in [3.63, 3.8) is 0 Å². The third-order valence-electron chi connectivity index (χ3n) is 4.78. The molecule has 2 N–H and O–H groups in total. The molecule has 0 aliphatic carbocycles. The highest BCUT2D eigenvalue weighted by Gasteiger charge is 2.52. The van der Waals surface area contributed by atoms with Crippen LogP contribution in [-0.4, -0.2) is 31.4 Å². The number of benzene rings is 1. The van der Waals surface area contributed by atoms with E-state index in [0.717, 1.165) is 25.0 Å². The Morgan fingerprint density at radius 1 is 1.09 bits per heavy atom. The van der Waals surface area contributed by atoms with Crippen molar-refractivity contribution in [1.29, 1.82) is 0 Å². The van der Waals surface area contributed by atoms with E-state index in [1.807, 2.05) is 12.1 Å². The number of hydrogen-bond donors (Lipinski definition) is 1. The first kappa shape index (κ1) is 20.3. The second-order valence-corrected chi connectivity index (χ2v) is 7.03. The summed E-state index contributed by atoms with van der Waals surface area (Å²) in [7, 11) is 1.36. The molecule has 1 aromatic rings. The normalized spacial score (nSPS) is 20.0. The van der Waals surface area contributed by atoms with Crippen LogP contribution in [0.1, 0.15) is 46.1 Å². The van der Waals surface area contributed by atoms with Gasteiger partial charge < -0.3 is 19.8 Å². The van der Waals surface area contributed by atoms with Crippen LogP contribution in [0, 0.1) is 0 Å². The number of aryl methyl sites for hydroxylation is 1. The van der Waals surface area contributed by atoms with Crippen molar-refractivity contribution in [2.24, 2.45) is 5.73 Å². The molecule has 4 nitrogen and oxygen atoms in total. The number of rotatable bonds is 6. The van der Waals surface area contributed by atoms with Crippen molar-refractivity contribution in [3.8, 4) is 5.75 Å². The minimum Gasteiger partial charge on any atom is -0.497 e. The number of ether oxygens (including phenoxy) is 1. The van der Waals surface area contributed by atoms with Crippen molar-refractivity contribution in [1.82, 2.24) is 0 Å². The Balaban J connectivity index is 0.00000264. The minimum absolute atomic E-state index is 0. The Morgan fingerprint density at radius 3 is 2.09 bits per heavy atom. The van der Waals surface area contributed by atoms with Crippen LogP contribution in [0.2, 0.25) is 0 Å². The summed E-state index contributed by atoms with van der Waals surface area (Å²) in [4.78, 5) is 0. The Kier molecular flexibility index (Phi) is 6.96. The lowest BCUT2D eigenvalue weighted by Gasteiger charge is -2.32. The molecule has 1 atom stereocenters. The lowest BCUT2D eigenvalue weighted by molar-refractivity contribution is 0.00578. The fraction of sp³-hybridized carbons (Fsp3) is 0.647. The summed E-state index contributed by atoms with van der Waals surface area (Å²) >= 11 is 0. The van der Waals surface area contributed by atoms with Gasteiger partial charge in [-0.3, -0.25) is 0 Å². The number of hydrogen-bond acceptors (Lipinski definition) is 4. The van der Waals surface area contributed by atoms with Gasteiger partial charge in [0.1, 0.15) is 5.75 Å². The van der Waals surface area contributed by atoms with Gasteiger partial charge in [-0.2, -0.15) is 0 Å². The van der Waals surface area contributed by atoms with Gasteiger partial charge in [-0.1, -0.05) is 12.1 Å². The van der Waals surface area contributed by atoms with Crippen LogP contribution in [-0.2, 0) is 15.7 Å². The predicted octanol–water partition coefficient (Wildman–Crippen LogP) is 3.40. The molecular formula is C17H29BClNO3. The molecule has 1 saturated heterocycles. The van der Waals surface area contributed by atoms with Crippen molar-refractivity contribution in [3.05, 3.63) is 29.8 Å². The van der Waals surface area contributed by atoms with Crippen molar-refractivity contribution in [2.75, 3.05) is 7.11 Å². The summed E-state index contributed by atoms with van der Waals surface area (Å²) in [5, 5.41) is 0. The molecule has 1 aliphatic rings. The fourth-order valence-corrected chi connectivity index (χ4v) is 2.53. The molecule has 0 spiro atoms. The second kappa shape index (κ2) is 7.89. The van der Waals surface area contributed by atoms with Gasteiger partial charge in [-0.25, -0.2) is 0 Å². The second-order valence-electron chi connectivity index (χ2n) is 7.03. The van der Waals surface area contributed by atoms with E-state index in [1.54, 1.807) is 7.11 Å². The van der Waals surface area contributed by atoms with E-state index in [-0.39, 0.29) is 36.7 Å². The zero-order valence-corrected chi connectivity index (χ0v) is 15.6. The van der Waals surface area contributed by atoms with Crippen LogP contribution >= 0.6 is 12.4 Å². The van der Waals surface area contributed by atoms with Crippen LogP contribution in [0.15, 0.2) is 24.3 Å². The van der Waals surface area contributed by atoms with E-state index in [0.29, 0.717) is 0 Å². The van der Waals surface area contributed by atoms with Crippen molar-refractivity contribution in [2.45, 2.75) is 64.1 Å². The Morgan fingerprint density at radius 2 is 1.61 bits per heavy atom. The summed E-state index contributed by atoms with van der Waals surface area (Å²) in [6.45, 7) is 8.21. The number of methoxy groups -OCH3 is 1. The van der Waals surface area contributed by atoms with Crippen molar-refractivity contribution < 1.29 is 14.0 Å². The van der Waals surface area contributed by atoms with Crippen LogP contribution < -0.4 is 10.5 Å². The maximum absolute atomic E-state index is 6.26. The zero-order valence-electron chi connectivity index (χ0n) is 14.8. The molecule has 0 unspecified atom stereocenters.